The number of allylic oxidation sites excluding steroid dienone is 1. The maximum absolute atomic E-state index is 14.5. The summed E-state index contributed by atoms with van der Waals surface area (Å²) in [7, 11) is 0. The molecule has 0 saturated carbocycles. The molecule has 0 amide bonds. The van der Waals surface area contributed by atoms with Gasteiger partial charge in [-0.3, -0.25) is 0 Å². The Morgan fingerprint density at radius 3 is 2.88 bits per heavy atom. The van der Waals surface area contributed by atoms with Crippen LogP contribution in [0.4, 0.5) is 4.39 Å². The van der Waals surface area contributed by atoms with E-state index in [0.29, 0.717) is 11.1 Å². The number of hydrogen-bond acceptors (Lipinski definition) is 3. The highest BCUT2D eigenvalue weighted by atomic mass is 19.1. The summed E-state index contributed by atoms with van der Waals surface area (Å²) in [5.74, 6) is -0.298. The molecule has 5 heteroatoms. The predicted molar refractivity (Wildman–Crippen MR) is 102 cm³/mol. The second-order valence-corrected chi connectivity index (χ2v) is 6.41. The number of benzene rings is 2. The Hall–Kier alpha value is -2.79. The third-order valence-corrected chi connectivity index (χ3v) is 4.22. The number of halogens is 1. The molecule has 0 saturated heterocycles. The van der Waals surface area contributed by atoms with Crippen LogP contribution in [0, 0.1) is 5.82 Å². The fraction of sp³-hybridized carbons (Fsp3) is 0.238. The Kier molecular flexibility index (Phi) is 5.58. The minimum absolute atomic E-state index is 0.282. The summed E-state index contributed by atoms with van der Waals surface area (Å²) in [5, 5.41) is 9.98. The topological polar surface area (TPSA) is 66.0 Å². The van der Waals surface area contributed by atoms with E-state index >= 15 is 0 Å². The van der Waals surface area contributed by atoms with Gasteiger partial charge in [0.05, 0.1) is 11.6 Å². The monoisotopic (exact) mass is 352 g/mol. The fourth-order valence-electron chi connectivity index (χ4n) is 2.85. The van der Waals surface area contributed by atoms with Gasteiger partial charge in [-0.05, 0) is 55.5 Å². The molecule has 0 aliphatic carbocycles. The summed E-state index contributed by atoms with van der Waals surface area (Å²) < 4.78 is 14.5. The molecule has 26 heavy (non-hydrogen) atoms. The SMILES string of the molecule is CC(O)CCCC=Cc1ccc(-c2ccc3[nH]c(=O)ncc3c2)c(F)c1. The van der Waals surface area contributed by atoms with Crippen LogP contribution in [0.1, 0.15) is 31.7 Å². The van der Waals surface area contributed by atoms with Gasteiger partial charge in [0, 0.05) is 17.1 Å². The van der Waals surface area contributed by atoms with Crippen molar-refractivity contribution in [2.45, 2.75) is 32.3 Å². The molecule has 1 heterocycles. The molecule has 0 bridgehead atoms. The standard InChI is InChI=1S/C21H21FN2O2/c1-14(25)5-3-2-4-6-15-7-9-18(19(22)11-15)16-8-10-20-17(12-16)13-23-21(26)24-20/h4,6-14,25H,2-3,5H2,1H3,(H,23,24,26). The maximum Gasteiger partial charge on any atom is 0.345 e. The summed E-state index contributed by atoms with van der Waals surface area (Å²) in [5.41, 5.74) is 2.31. The molecular weight excluding hydrogens is 331 g/mol. The van der Waals surface area contributed by atoms with Gasteiger partial charge in [0.1, 0.15) is 5.82 Å². The first kappa shape index (κ1) is 18.0. The van der Waals surface area contributed by atoms with E-state index in [9.17, 15) is 14.3 Å². The third kappa shape index (κ3) is 4.43. The van der Waals surface area contributed by atoms with Crippen molar-refractivity contribution in [1.29, 1.82) is 0 Å². The molecule has 3 aromatic rings. The van der Waals surface area contributed by atoms with Gasteiger partial charge >= 0.3 is 5.69 Å². The van der Waals surface area contributed by atoms with Crippen LogP contribution in [0.15, 0.2) is 53.5 Å². The fourth-order valence-corrected chi connectivity index (χ4v) is 2.85. The molecular formula is C21H21FN2O2. The first-order valence-corrected chi connectivity index (χ1v) is 8.66. The van der Waals surface area contributed by atoms with Gasteiger partial charge in [-0.2, -0.15) is 0 Å². The number of aromatic nitrogens is 2. The number of fused-ring (bicyclic) bond motifs is 1. The Balaban J connectivity index is 1.78. The van der Waals surface area contributed by atoms with Crippen LogP contribution in [-0.2, 0) is 0 Å². The molecule has 0 radical (unpaired) electrons. The van der Waals surface area contributed by atoms with E-state index in [1.807, 2.05) is 24.3 Å². The van der Waals surface area contributed by atoms with Gasteiger partial charge in [-0.15, -0.1) is 0 Å². The van der Waals surface area contributed by atoms with E-state index < -0.39 is 5.69 Å². The zero-order chi connectivity index (χ0) is 18.5. The molecule has 3 rings (SSSR count). The molecule has 1 aromatic heterocycles. The number of nitrogens with zero attached hydrogens (tertiary/aromatic N) is 1. The van der Waals surface area contributed by atoms with E-state index in [2.05, 4.69) is 9.97 Å². The molecule has 2 N–H and O–H groups in total. The number of aromatic amines is 1. The lowest BCUT2D eigenvalue weighted by molar-refractivity contribution is 0.182. The largest absolute Gasteiger partial charge is 0.393 e. The lowest BCUT2D eigenvalue weighted by Gasteiger charge is -2.06. The van der Waals surface area contributed by atoms with Gasteiger partial charge < -0.3 is 10.1 Å². The number of rotatable bonds is 6. The number of unbranched alkanes of at least 4 members (excludes halogenated alkanes) is 1. The smallest absolute Gasteiger partial charge is 0.345 e. The highest BCUT2D eigenvalue weighted by Gasteiger charge is 2.07. The Labute approximate surface area is 151 Å². The number of hydrogen-bond donors (Lipinski definition) is 2. The Morgan fingerprint density at radius 1 is 1.27 bits per heavy atom. The highest BCUT2D eigenvalue weighted by Crippen LogP contribution is 2.26. The quantitative estimate of drug-likeness (QED) is 0.650. The van der Waals surface area contributed by atoms with Crippen molar-refractivity contribution in [3.05, 3.63) is 70.5 Å². The van der Waals surface area contributed by atoms with Crippen LogP contribution in [-0.4, -0.2) is 21.2 Å². The van der Waals surface area contributed by atoms with Gasteiger partial charge in [-0.1, -0.05) is 30.4 Å². The van der Waals surface area contributed by atoms with Gasteiger partial charge in [0.15, 0.2) is 0 Å². The molecule has 1 atom stereocenters. The Bertz CT molecular complexity index is 993. The van der Waals surface area contributed by atoms with Crippen LogP contribution in [0.2, 0.25) is 0 Å². The van der Waals surface area contributed by atoms with Crippen molar-refractivity contribution in [3.63, 3.8) is 0 Å². The second-order valence-electron chi connectivity index (χ2n) is 6.41. The first-order chi connectivity index (χ1) is 12.5. The van der Waals surface area contributed by atoms with Crippen molar-refractivity contribution in [2.75, 3.05) is 0 Å². The van der Waals surface area contributed by atoms with Gasteiger partial charge in [0.2, 0.25) is 0 Å². The molecule has 0 aliphatic rings. The van der Waals surface area contributed by atoms with E-state index in [1.54, 1.807) is 25.1 Å². The van der Waals surface area contributed by atoms with Crippen molar-refractivity contribution >= 4 is 17.0 Å². The molecule has 0 spiro atoms. The van der Waals surface area contributed by atoms with E-state index in [0.717, 1.165) is 35.8 Å². The minimum Gasteiger partial charge on any atom is -0.393 e. The van der Waals surface area contributed by atoms with Gasteiger partial charge in [0.25, 0.3) is 0 Å². The summed E-state index contributed by atoms with van der Waals surface area (Å²) in [6.45, 7) is 1.78. The number of nitrogens with one attached hydrogen (secondary N) is 1. The molecule has 4 nitrogen and oxygen atoms in total. The number of aliphatic hydroxyl groups is 1. The normalized spacial score (nSPS) is 12.7. The van der Waals surface area contributed by atoms with Gasteiger partial charge in [-0.25, -0.2) is 14.2 Å². The van der Waals surface area contributed by atoms with Crippen LogP contribution < -0.4 is 5.69 Å². The molecule has 2 aromatic carbocycles. The van der Waals surface area contributed by atoms with E-state index in [1.165, 1.54) is 12.3 Å². The summed E-state index contributed by atoms with van der Waals surface area (Å²) >= 11 is 0. The average molecular weight is 352 g/mol. The van der Waals surface area contributed by atoms with Crippen LogP contribution >= 0.6 is 0 Å². The van der Waals surface area contributed by atoms with E-state index in [-0.39, 0.29) is 11.9 Å². The van der Waals surface area contributed by atoms with Crippen molar-refractivity contribution in [1.82, 2.24) is 9.97 Å². The average Bonchev–Trinajstić information content (AvgIpc) is 2.61. The molecule has 134 valence electrons. The first-order valence-electron chi connectivity index (χ1n) is 8.66. The highest BCUT2D eigenvalue weighted by molar-refractivity contribution is 5.83. The number of aliphatic hydroxyl groups excluding tert-OH is 1. The minimum atomic E-state index is -0.402. The summed E-state index contributed by atoms with van der Waals surface area (Å²) in [6, 6.07) is 10.5. The number of H-pyrrole nitrogens is 1. The lowest BCUT2D eigenvalue weighted by Crippen LogP contribution is -2.08. The predicted octanol–water partition coefficient (Wildman–Crippen LogP) is 4.29. The van der Waals surface area contributed by atoms with Crippen molar-refractivity contribution in [2.24, 2.45) is 0 Å². The van der Waals surface area contributed by atoms with Crippen molar-refractivity contribution < 1.29 is 9.50 Å². The van der Waals surface area contributed by atoms with Crippen LogP contribution in [0.5, 0.6) is 0 Å². The molecule has 0 aliphatic heterocycles. The van der Waals surface area contributed by atoms with E-state index in [4.69, 9.17) is 0 Å². The molecule has 1 unspecified atom stereocenters. The zero-order valence-corrected chi connectivity index (χ0v) is 14.6. The maximum atomic E-state index is 14.5. The van der Waals surface area contributed by atoms with Crippen LogP contribution in [0.3, 0.4) is 0 Å². The summed E-state index contributed by atoms with van der Waals surface area (Å²) in [4.78, 5) is 17.6. The van der Waals surface area contributed by atoms with Crippen LogP contribution in [0.25, 0.3) is 28.1 Å². The zero-order valence-electron chi connectivity index (χ0n) is 14.6. The summed E-state index contributed by atoms with van der Waals surface area (Å²) in [6.07, 6.45) is 7.61. The lowest BCUT2D eigenvalue weighted by atomic mass is 10.0. The third-order valence-electron chi connectivity index (χ3n) is 4.22. The van der Waals surface area contributed by atoms with Crippen molar-refractivity contribution in [3.8, 4) is 11.1 Å². The molecule has 0 fully saturated rings. The Morgan fingerprint density at radius 2 is 2.12 bits per heavy atom. The second kappa shape index (κ2) is 8.06.